The smallest absolute Gasteiger partial charge is 0.156 e. The van der Waals surface area contributed by atoms with Crippen molar-refractivity contribution < 1.29 is 5.11 Å². The second kappa shape index (κ2) is 7.91. The molecule has 2 heterocycles. The summed E-state index contributed by atoms with van der Waals surface area (Å²) in [5.41, 5.74) is 3.53. The van der Waals surface area contributed by atoms with Gasteiger partial charge in [-0.2, -0.15) is 0 Å². The first kappa shape index (κ1) is 17.7. The van der Waals surface area contributed by atoms with E-state index in [1.807, 2.05) is 6.07 Å². The molecule has 2 unspecified atom stereocenters. The van der Waals surface area contributed by atoms with E-state index in [4.69, 9.17) is 11.6 Å². The van der Waals surface area contributed by atoms with E-state index in [2.05, 4.69) is 44.7 Å². The number of halogens is 1. The lowest BCUT2D eigenvalue weighted by molar-refractivity contribution is 0.116. The fourth-order valence-electron chi connectivity index (χ4n) is 4.03. The van der Waals surface area contributed by atoms with Gasteiger partial charge in [-0.25, -0.2) is 0 Å². The molecule has 0 saturated heterocycles. The second-order valence-corrected chi connectivity index (χ2v) is 7.70. The molecule has 0 radical (unpaired) electrons. The Hall–Kier alpha value is -1.69. The second-order valence-electron chi connectivity index (χ2n) is 7.35. The van der Waals surface area contributed by atoms with E-state index in [0.29, 0.717) is 5.15 Å². The van der Waals surface area contributed by atoms with Crippen molar-refractivity contribution in [3.8, 4) is 0 Å². The highest BCUT2D eigenvalue weighted by atomic mass is 35.5. The number of rotatable bonds is 4. The number of aromatic nitrogens is 2. The van der Waals surface area contributed by atoms with Crippen LogP contribution in [0, 0.1) is 0 Å². The van der Waals surface area contributed by atoms with Gasteiger partial charge in [0.15, 0.2) is 11.0 Å². The third-order valence-electron chi connectivity index (χ3n) is 5.50. The minimum absolute atomic E-state index is 0.0608. The van der Waals surface area contributed by atoms with Gasteiger partial charge in [-0.1, -0.05) is 54.8 Å². The Morgan fingerprint density at radius 3 is 2.73 bits per heavy atom. The molecule has 1 aliphatic heterocycles. The summed E-state index contributed by atoms with van der Waals surface area (Å²) in [5, 5.41) is 22.7. The molecule has 1 saturated carbocycles. The van der Waals surface area contributed by atoms with Crippen LogP contribution in [0.3, 0.4) is 0 Å². The number of benzene rings is 1. The Labute approximate surface area is 159 Å². The first-order valence-corrected chi connectivity index (χ1v) is 9.83. The maximum Gasteiger partial charge on any atom is 0.156 e. The fourth-order valence-corrected chi connectivity index (χ4v) is 4.24. The molecule has 0 bridgehead atoms. The van der Waals surface area contributed by atoms with Crippen LogP contribution in [-0.4, -0.2) is 38.9 Å². The summed E-state index contributed by atoms with van der Waals surface area (Å²) >= 11 is 6.38. The van der Waals surface area contributed by atoms with E-state index in [0.717, 1.165) is 68.7 Å². The van der Waals surface area contributed by atoms with E-state index in [9.17, 15) is 5.11 Å². The highest BCUT2D eigenvalue weighted by Gasteiger charge is 2.27. The number of nitrogens with one attached hydrogen (secondary N) is 1. The Morgan fingerprint density at radius 1 is 1.12 bits per heavy atom. The highest BCUT2D eigenvalue weighted by Crippen LogP contribution is 2.31. The molecule has 5 nitrogen and oxygen atoms in total. The Morgan fingerprint density at radius 2 is 1.92 bits per heavy atom. The van der Waals surface area contributed by atoms with Crippen LogP contribution in [0.2, 0.25) is 5.15 Å². The van der Waals surface area contributed by atoms with Crippen LogP contribution in [0.4, 0.5) is 5.82 Å². The number of hydrogen-bond donors (Lipinski definition) is 2. The van der Waals surface area contributed by atoms with Gasteiger partial charge in [0.05, 0.1) is 12.1 Å². The van der Waals surface area contributed by atoms with Gasteiger partial charge >= 0.3 is 0 Å². The minimum atomic E-state index is -0.310. The quantitative estimate of drug-likeness (QED) is 0.861. The topological polar surface area (TPSA) is 61.3 Å². The van der Waals surface area contributed by atoms with Crippen LogP contribution in [-0.2, 0) is 19.5 Å². The molecule has 138 valence electrons. The fraction of sp³-hybridized carbons (Fsp3) is 0.500. The number of fused-ring (bicyclic) bond motifs is 1. The van der Waals surface area contributed by atoms with Crippen molar-refractivity contribution in [1.82, 2.24) is 15.1 Å². The van der Waals surface area contributed by atoms with Gasteiger partial charge in [-0.15, -0.1) is 10.2 Å². The molecule has 1 aliphatic carbocycles. The Balaban J connectivity index is 1.51. The van der Waals surface area contributed by atoms with Crippen molar-refractivity contribution in [1.29, 1.82) is 0 Å². The summed E-state index contributed by atoms with van der Waals surface area (Å²) in [7, 11) is 0. The minimum Gasteiger partial charge on any atom is -0.391 e. The third-order valence-corrected chi connectivity index (χ3v) is 5.80. The SMILES string of the molecule is OC1CCCCC1Nc1nnc(Cl)c2c1CCN(Cc1ccccc1)C2. The molecule has 26 heavy (non-hydrogen) atoms. The number of hydrogen-bond acceptors (Lipinski definition) is 5. The van der Waals surface area contributed by atoms with Crippen LogP contribution in [0.5, 0.6) is 0 Å². The van der Waals surface area contributed by atoms with E-state index in [1.54, 1.807) is 0 Å². The zero-order chi connectivity index (χ0) is 17.9. The largest absolute Gasteiger partial charge is 0.391 e. The molecule has 2 aromatic rings. The molecule has 2 atom stereocenters. The lowest BCUT2D eigenvalue weighted by atomic mass is 9.92. The third kappa shape index (κ3) is 3.85. The van der Waals surface area contributed by atoms with E-state index >= 15 is 0 Å². The molecular weight excluding hydrogens is 348 g/mol. The molecule has 0 amide bonds. The maximum atomic E-state index is 10.3. The van der Waals surface area contributed by atoms with Crippen molar-refractivity contribution >= 4 is 17.4 Å². The van der Waals surface area contributed by atoms with E-state index in [1.165, 1.54) is 5.56 Å². The monoisotopic (exact) mass is 372 g/mol. The van der Waals surface area contributed by atoms with Gasteiger partial charge in [-0.05, 0) is 24.8 Å². The predicted molar refractivity (Wildman–Crippen MR) is 103 cm³/mol. The lowest BCUT2D eigenvalue weighted by Gasteiger charge is -2.32. The number of nitrogens with zero attached hydrogens (tertiary/aromatic N) is 3. The zero-order valence-electron chi connectivity index (χ0n) is 14.9. The van der Waals surface area contributed by atoms with E-state index in [-0.39, 0.29) is 12.1 Å². The van der Waals surface area contributed by atoms with Crippen LogP contribution in [0.15, 0.2) is 30.3 Å². The van der Waals surface area contributed by atoms with Crippen molar-refractivity contribution in [2.45, 2.75) is 57.3 Å². The maximum absolute atomic E-state index is 10.3. The van der Waals surface area contributed by atoms with Crippen LogP contribution < -0.4 is 5.32 Å². The van der Waals surface area contributed by atoms with Crippen LogP contribution in [0.1, 0.15) is 42.4 Å². The standard InChI is InChI=1S/C20H25ClN4O/c21-19-16-13-25(12-14-6-2-1-3-7-14)11-10-15(16)20(24-23-19)22-17-8-4-5-9-18(17)26/h1-3,6-7,17-18,26H,4-5,8-13H2,(H,22,24). The zero-order valence-corrected chi connectivity index (χ0v) is 15.6. The Kier molecular flexibility index (Phi) is 5.38. The van der Waals surface area contributed by atoms with Gasteiger partial charge < -0.3 is 10.4 Å². The van der Waals surface area contributed by atoms with Gasteiger partial charge in [0.2, 0.25) is 0 Å². The average Bonchev–Trinajstić information content (AvgIpc) is 2.67. The van der Waals surface area contributed by atoms with Crippen molar-refractivity contribution in [3.63, 3.8) is 0 Å². The van der Waals surface area contributed by atoms with Gasteiger partial charge in [0.25, 0.3) is 0 Å². The summed E-state index contributed by atoms with van der Waals surface area (Å²) < 4.78 is 0. The van der Waals surface area contributed by atoms with Gasteiger partial charge in [-0.3, -0.25) is 4.90 Å². The Bertz CT molecular complexity index is 755. The molecule has 6 heteroatoms. The highest BCUT2D eigenvalue weighted by molar-refractivity contribution is 6.30. The van der Waals surface area contributed by atoms with Gasteiger partial charge in [0.1, 0.15) is 0 Å². The first-order chi connectivity index (χ1) is 12.7. The average molecular weight is 373 g/mol. The molecule has 0 spiro atoms. The molecule has 2 aliphatic rings. The summed E-state index contributed by atoms with van der Waals surface area (Å²) in [6, 6.07) is 10.6. The molecule has 4 rings (SSSR count). The van der Waals surface area contributed by atoms with E-state index < -0.39 is 0 Å². The number of aliphatic hydroxyl groups excluding tert-OH is 1. The van der Waals surface area contributed by atoms with Crippen molar-refractivity contribution in [2.24, 2.45) is 0 Å². The van der Waals surface area contributed by atoms with Gasteiger partial charge in [0, 0.05) is 30.8 Å². The van der Waals surface area contributed by atoms with Crippen molar-refractivity contribution in [3.05, 3.63) is 52.2 Å². The molecular formula is C20H25ClN4O. The summed E-state index contributed by atoms with van der Waals surface area (Å²) in [5.74, 6) is 0.801. The number of aliphatic hydroxyl groups is 1. The summed E-state index contributed by atoms with van der Waals surface area (Å²) in [6.07, 6.45) is 4.64. The molecule has 1 aromatic carbocycles. The predicted octanol–water partition coefficient (Wildman–Crippen LogP) is 3.40. The number of anilines is 1. The lowest BCUT2D eigenvalue weighted by Crippen LogP contribution is -2.38. The summed E-state index contributed by atoms with van der Waals surface area (Å²) in [4.78, 5) is 2.39. The normalized spacial score (nSPS) is 23.5. The first-order valence-electron chi connectivity index (χ1n) is 9.45. The molecule has 1 aromatic heterocycles. The molecule has 1 fully saturated rings. The van der Waals surface area contributed by atoms with Crippen molar-refractivity contribution in [2.75, 3.05) is 11.9 Å². The van der Waals surface area contributed by atoms with Crippen LogP contribution >= 0.6 is 11.6 Å². The summed E-state index contributed by atoms with van der Waals surface area (Å²) in [6.45, 7) is 2.65. The molecule has 2 N–H and O–H groups in total. The van der Waals surface area contributed by atoms with Crippen LogP contribution in [0.25, 0.3) is 0 Å².